The van der Waals surface area contributed by atoms with Crippen LogP contribution in [0.1, 0.15) is 38.3 Å². The monoisotopic (exact) mass is 348 g/mol. The number of nitrogens with one attached hydrogen (secondary N) is 1. The smallest absolute Gasteiger partial charge is 0.134 e. The fourth-order valence-electron chi connectivity index (χ4n) is 3.36. The molecule has 0 saturated carbocycles. The average Bonchev–Trinajstić information content (AvgIpc) is 2.51. The molecule has 2 atom stereocenters. The summed E-state index contributed by atoms with van der Waals surface area (Å²) in [5.41, 5.74) is 0.184. The standard InChI is InChI=1S/C17H26F2N2O.ClH/c1-4-5-12(2)17(21-8-6-20-7-9-21)16-14(18)10-13(22-3)11-15(16)19;/h10-12,17,20H,4-9H2,1-3H3;1H/t12?,17-;/m0./s1. The molecule has 1 N–H and O–H groups in total. The molecule has 0 aliphatic carbocycles. The highest BCUT2D eigenvalue weighted by Gasteiger charge is 2.31. The topological polar surface area (TPSA) is 24.5 Å². The van der Waals surface area contributed by atoms with Gasteiger partial charge < -0.3 is 10.1 Å². The van der Waals surface area contributed by atoms with Crippen molar-refractivity contribution < 1.29 is 13.5 Å². The van der Waals surface area contributed by atoms with Crippen molar-refractivity contribution in [1.29, 1.82) is 0 Å². The Morgan fingerprint density at radius 2 is 1.78 bits per heavy atom. The van der Waals surface area contributed by atoms with E-state index in [4.69, 9.17) is 4.74 Å². The van der Waals surface area contributed by atoms with Gasteiger partial charge in [-0.3, -0.25) is 4.90 Å². The van der Waals surface area contributed by atoms with E-state index < -0.39 is 11.6 Å². The maximum Gasteiger partial charge on any atom is 0.134 e. The molecule has 2 rings (SSSR count). The molecule has 1 aromatic carbocycles. The van der Waals surface area contributed by atoms with Crippen LogP contribution in [0, 0.1) is 17.6 Å². The van der Waals surface area contributed by atoms with E-state index in [1.807, 2.05) is 0 Å². The van der Waals surface area contributed by atoms with Crippen LogP contribution in [0.2, 0.25) is 0 Å². The first-order chi connectivity index (χ1) is 10.6. The highest BCUT2D eigenvalue weighted by molar-refractivity contribution is 5.85. The minimum Gasteiger partial charge on any atom is -0.497 e. The molecule has 1 aliphatic rings. The number of methoxy groups -OCH3 is 1. The molecule has 0 amide bonds. The number of hydrogen-bond donors (Lipinski definition) is 1. The van der Waals surface area contributed by atoms with Gasteiger partial charge in [0.15, 0.2) is 0 Å². The lowest BCUT2D eigenvalue weighted by Gasteiger charge is -2.39. The molecular formula is C17H27ClF2N2O. The minimum absolute atomic E-state index is 0. The van der Waals surface area contributed by atoms with Gasteiger partial charge in [-0.2, -0.15) is 0 Å². The van der Waals surface area contributed by atoms with Crippen molar-refractivity contribution in [2.45, 2.75) is 32.7 Å². The zero-order chi connectivity index (χ0) is 16.1. The Kier molecular flexibility index (Phi) is 8.23. The molecule has 1 aromatic rings. The molecule has 0 radical (unpaired) electrons. The molecule has 0 spiro atoms. The second-order valence-corrected chi connectivity index (χ2v) is 6.00. The number of piperazine rings is 1. The second kappa shape index (κ2) is 9.40. The van der Waals surface area contributed by atoms with Gasteiger partial charge in [-0.25, -0.2) is 8.78 Å². The molecule has 0 bridgehead atoms. The van der Waals surface area contributed by atoms with Crippen molar-refractivity contribution in [2.75, 3.05) is 33.3 Å². The van der Waals surface area contributed by atoms with E-state index in [-0.39, 0.29) is 35.7 Å². The highest BCUT2D eigenvalue weighted by Crippen LogP contribution is 2.36. The summed E-state index contributed by atoms with van der Waals surface area (Å²) in [6.45, 7) is 7.52. The van der Waals surface area contributed by atoms with E-state index in [0.717, 1.165) is 39.0 Å². The van der Waals surface area contributed by atoms with Crippen LogP contribution >= 0.6 is 12.4 Å². The summed E-state index contributed by atoms with van der Waals surface area (Å²) in [6, 6.07) is 2.34. The van der Waals surface area contributed by atoms with E-state index in [9.17, 15) is 8.78 Å². The molecule has 3 nitrogen and oxygen atoms in total. The Labute approximate surface area is 143 Å². The van der Waals surface area contributed by atoms with Gasteiger partial charge in [-0.1, -0.05) is 20.3 Å². The van der Waals surface area contributed by atoms with Crippen LogP contribution in [0.5, 0.6) is 5.75 Å². The summed E-state index contributed by atoms with van der Waals surface area (Å²) in [4.78, 5) is 2.20. The fraction of sp³-hybridized carbons (Fsp3) is 0.647. The van der Waals surface area contributed by atoms with Crippen molar-refractivity contribution in [1.82, 2.24) is 10.2 Å². The van der Waals surface area contributed by atoms with Crippen LogP contribution in [-0.2, 0) is 0 Å². The fourth-order valence-corrected chi connectivity index (χ4v) is 3.36. The van der Waals surface area contributed by atoms with Gasteiger partial charge in [-0.15, -0.1) is 12.4 Å². The van der Waals surface area contributed by atoms with Crippen LogP contribution in [0.3, 0.4) is 0 Å². The van der Waals surface area contributed by atoms with E-state index in [1.165, 1.54) is 19.2 Å². The first-order valence-corrected chi connectivity index (χ1v) is 8.06. The average molecular weight is 349 g/mol. The summed E-state index contributed by atoms with van der Waals surface area (Å²) < 4.78 is 34.0. The normalized spacial score (nSPS) is 18.1. The Morgan fingerprint density at radius 3 is 2.26 bits per heavy atom. The summed E-state index contributed by atoms with van der Waals surface area (Å²) in [6.07, 6.45) is 1.95. The molecule has 23 heavy (non-hydrogen) atoms. The van der Waals surface area contributed by atoms with E-state index in [0.29, 0.717) is 0 Å². The highest BCUT2D eigenvalue weighted by atomic mass is 35.5. The van der Waals surface area contributed by atoms with Gasteiger partial charge >= 0.3 is 0 Å². The van der Waals surface area contributed by atoms with E-state index in [1.54, 1.807) is 0 Å². The Morgan fingerprint density at radius 1 is 1.22 bits per heavy atom. The number of benzene rings is 1. The molecule has 1 heterocycles. The molecule has 1 unspecified atom stereocenters. The lowest BCUT2D eigenvalue weighted by molar-refractivity contribution is 0.119. The van der Waals surface area contributed by atoms with Gasteiger partial charge in [-0.05, 0) is 12.3 Å². The van der Waals surface area contributed by atoms with Gasteiger partial charge in [0.25, 0.3) is 0 Å². The summed E-state index contributed by atoms with van der Waals surface area (Å²) in [5, 5.41) is 3.29. The van der Waals surface area contributed by atoms with E-state index >= 15 is 0 Å². The predicted molar refractivity (Wildman–Crippen MR) is 91.4 cm³/mol. The van der Waals surface area contributed by atoms with Gasteiger partial charge in [0.2, 0.25) is 0 Å². The van der Waals surface area contributed by atoms with Gasteiger partial charge in [0.05, 0.1) is 7.11 Å². The van der Waals surface area contributed by atoms with Crippen LogP contribution in [0.4, 0.5) is 8.78 Å². The number of halogens is 3. The predicted octanol–water partition coefficient (Wildman–Crippen LogP) is 3.78. The Hall–Kier alpha value is -0.910. The van der Waals surface area contributed by atoms with Crippen molar-refractivity contribution in [3.8, 4) is 5.75 Å². The van der Waals surface area contributed by atoms with Crippen molar-refractivity contribution in [3.05, 3.63) is 29.3 Å². The first-order valence-electron chi connectivity index (χ1n) is 8.06. The third-order valence-corrected chi connectivity index (χ3v) is 4.41. The third kappa shape index (κ3) is 4.78. The van der Waals surface area contributed by atoms with Crippen LogP contribution in [0.15, 0.2) is 12.1 Å². The minimum atomic E-state index is -0.511. The van der Waals surface area contributed by atoms with Crippen molar-refractivity contribution in [2.24, 2.45) is 5.92 Å². The number of rotatable bonds is 6. The van der Waals surface area contributed by atoms with Crippen LogP contribution in [0.25, 0.3) is 0 Å². The van der Waals surface area contributed by atoms with Crippen LogP contribution in [-0.4, -0.2) is 38.2 Å². The van der Waals surface area contributed by atoms with Crippen molar-refractivity contribution >= 4 is 12.4 Å². The molecule has 1 saturated heterocycles. The number of nitrogens with zero attached hydrogens (tertiary/aromatic N) is 1. The maximum absolute atomic E-state index is 14.5. The van der Waals surface area contributed by atoms with Crippen LogP contribution < -0.4 is 10.1 Å². The van der Waals surface area contributed by atoms with E-state index in [2.05, 4.69) is 24.1 Å². The molecule has 132 valence electrons. The third-order valence-electron chi connectivity index (χ3n) is 4.41. The molecule has 6 heteroatoms. The summed E-state index contributed by atoms with van der Waals surface area (Å²) in [7, 11) is 1.42. The molecular weight excluding hydrogens is 322 g/mol. The molecule has 1 aliphatic heterocycles. The van der Waals surface area contributed by atoms with Gasteiger partial charge in [0.1, 0.15) is 17.4 Å². The largest absolute Gasteiger partial charge is 0.497 e. The SMILES string of the molecule is CCCC(C)[C@@H](c1c(F)cc(OC)cc1F)N1CCNCC1.Cl. The second-order valence-electron chi connectivity index (χ2n) is 6.00. The zero-order valence-electron chi connectivity index (χ0n) is 14.1. The lowest BCUT2D eigenvalue weighted by atomic mass is 9.88. The summed E-state index contributed by atoms with van der Waals surface area (Å²) in [5.74, 6) is -0.604. The summed E-state index contributed by atoms with van der Waals surface area (Å²) >= 11 is 0. The molecule has 1 fully saturated rings. The zero-order valence-corrected chi connectivity index (χ0v) is 14.9. The maximum atomic E-state index is 14.5. The van der Waals surface area contributed by atoms with Crippen molar-refractivity contribution in [3.63, 3.8) is 0 Å². The lowest BCUT2D eigenvalue weighted by Crippen LogP contribution is -2.47. The number of ether oxygens (including phenoxy) is 1. The first kappa shape index (κ1) is 20.1. The Balaban J connectivity index is 0.00000264. The Bertz CT molecular complexity index is 472. The van der Waals surface area contributed by atoms with Gasteiger partial charge in [0, 0.05) is 49.9 Å². The number of hydrogen-bond acceptors (Lipinski definition) is 3. The molecule has 0 aromatic heterocycles. The quantitative estimate of drug-likeness (QED) is 0.846.